The van der Waals surface area contributed by atoms with Gasteiger partial charge in [0, 0.05) is 36.4 Å². The number of carbonyl (C=O) groups is 6. The molecule has 0 aliphatic heterocycles. The molecule has 1 heterocycles. The van der Waals surface area contributed by atoms with E-state index in [0.29, 0.717) is 5.56 Å². The lowest BCUT2D eigenvalue weighted by Gasteiger charge is -2.25. The van der Waals surface area contributed by atoms with Crippen LogP contribution in [0.3, 0.4) is 0 Å². The van der Waals surface area contributed by atoms with Gasteiger partial charge in [-0.1, -0.05) is 18.2 Å². The van der Waals surface area contributed by atoms with Crippen LogP contribution < -0.4 is 27.4 Å². The van der Waals surface area contributed by atoms with Gasteiger partial charge < -0.3 is 47.7 Å². The third-order valence-corrected chi connectivity index (χ3v) is 6.13. The van der Waals surface area contributed by atoms with Crippen molar-refractivity contribution in [2.45, 2.75) is 69.3 Å². The van der Waals surface area contributed by atoms with Gasteiger partial charge in [-0.15, -0.1) is 0 Å². The van der Waals surface area contributed by atoms with Crippen LogP contribution >= 0.6 is 0 Å². The van der Waals surface area contributed by atoms with Gasteiger partial charge in [-0.05, 0) is 31.4 Å². The molecule has 218 valence electrons. The minimum absolute atomic E-state index is 0.112. The summed E-state index contributed by atoms with van der Waals surface area (Å²) in [4.78, 5) is 75.9. The number of primary amides is 1. The second-order valence-electron chi connectivity index (χ2n) is 9.29. The number of amides is 4. The summed E-state index contributed by atoms with van der Waals surface area (Å²) in [5.74, 6) is -6.28. The van der Waals surface area contributed by atoms with Gasteiger partial charge in [-0.3, -0.25) is 24.0 Å². The molecule has 0 bridgehead atoms. The summed E-state index contributed by atoms with van der Waals surface area (Å²) in [6.45, 7) is 1.25. The van der Waals surface area contributed by atoms with E-state index in [1.807, 2.05) is 0 Å². The van der Waals surface area contributed by atoms with E-state index >= 15 is 0 Å². The maximum atomic E-state index is 13.1. The normalized spacial score (nSPS) is 14.8. The number of H-pyrrole nitrogens is 1. The molecule has 4 amide bonds. The molecular formula is C25H34N6O9. The average Bonchev–Trinajstić information content (AvgIpc) is 3.29. The van der Waals surface area contributed by atoms with Gasteiger partial charge in [0.25, 0.3) is 0 Å². The monoisotopic (exact) mass is 562 g/mol. The van der Waals surface area contributed by atoms with Crippen LogP contribution in [-0.4, -0.2) is 86.1 Å². The molecule has 0 radical (unpaired) electrons. The van der Waals surface area contributed by atoms with Crippen LogP contribution in [0.25, 0.3) is 10.9 Å². The zero-order valence-electron chi connectivity index (χ0n) is 21.8. The van der Waals surface area contributed by atoms with E-state index in [1.54, 1.807) is 30.5 Å². The van der Waals surface area contributed by atoms with Crippen LogP contribution in [0.2, 0.25) is 0 Å². The van der Waals surface area contributed by atoms with Crippen LogP contribution in [0, 0.1) is 0 Å². The Balaban J connectivity index is 2.22. The number of para-hydroxylation sites is 1. The van der Waals surface area contributed by atoms with Gasteiger partial charge in [0.15, 0.2) is 0 Å². The molecule has 0 saturated heterocycles. The zero-order chi connectivity index (χ0) is 30.0. The molecule has 1 aromatic carbocycles. The van der Waals surface area contributed by atoms with Gasteiger partial charge in [-0.25, -0.2) is 4.79 Å². The Morgan fingerprint density at radius 1 is 0.875 bits per heavy atom. The molecular weight excluding hydrogens is 528 g/mol. The number of nitrogens with two attached hydrogens (primary N) is 2. The zero-order valence-corrected chi connectivity index (χ0v) is 21.8. The molecule has 2 aromatic rings. The summed E-state index contributed by atoms with van der Waals surface area (Å²) >= 11 is 0. The number of carboxylic acids is 2. The average molecular weight is 563 g/mol. The summed E-state index contributed by atoms with van der Waals surface area (Å²) < 4.78 is 0. The number of benzene rings is 1. The van der Waals surface area contributed by atoms with Crippen molar-refractivity contribution < 1.29 is 44.1 Å². The number of rotatable bonds is 16. The fourth-order valence-electron chi connectivity index (χ4n) is 3.84. The second-order valence-corrected chi connectivity index (χ2v) is 9.29. The van der Waals surface area contributed by atoms with Crippen molar-refractivity contribution in [2.24, 2.45) is 11.5 Å². The number of hydrogen-bond donors (Lipinski definition) is 9. The number of aromatic amines is 1. The van der Waals surface area contributed by atoms with Crippen LogP contribution in [0.4, 0.5) is 0 Å². The van der Waals surface area contributed by atoms with E-state index in [2.05, 4.69) is 20.9 Å². The predicted molar refractivity (Wildman–Crippen MR) is 140 cm³/mol. The predicted octanol–water partition coefficient (Wildman–Crippen LogP) is -1.91. The maximum absolute atomic E-state index is 13.1. The summed E-state index contributed by atoms with van der Waals surface area (Å²) in [6, 6.07) is 1.38. The molecule has 5 unspecified atom stereocenters. The number of fused-ring (bicyclic) bond motifs is 1. The number of nitrogens with one attached hydrogen (secondary N) is 4. The van der Waals surface area contributed by atoms with E-state index in [1.165, 1.54) is 6.92 Å². The molecule has 5 atom stereocenters. The highest BCUT2D eigenvalue weighted by atomic mass is 16.4. The first kappa shape index (κ1) is 31.7. The Bertz CT molecular complexity index is 1240. The minimum Gasteiger partial charge on any atom is -0.481 e. The van der Waals surface area contributed by atoms with Gasteiger partial charge in [0.1, 0.15) is 24.2 Å². The lowest BCUT2D eigenvalue weighted by atomic mass is 10.0. The second kappa shape index (κ2) is 14.6. The largest absolute Gasteiger partial charge is 0.481 e. The molecule has 0 aliphatic rings. The van der Waals surface area contributed by atoms with Crippen LogP contribution in [0.1, 0.15) is 38.2 Å². The highest BCUT2D eigenvalue weighted by Crippen LogP contribution is 2.19. The van der Waals surface area contributed by atoms with E-state index in [-0.39, 0.29) is 19.3 Å². The highest BCUT2D eigenvalue weighted by Gasteiger charge is 2.31. The Hall–Kier alpha value is -4.50. The molecule has 0 saturated carbocycles. The number of carbonyl (C=O) groups excluding carboxylic acids is 4. The Kier molecular flexibility index (Phi) is 11.6. The Morgan fingerprint density at radius 3 is 1.98 bits per heavy atom. The van der Waals surface area contributed by atoms with E-state index < -0.39 is 78.7 Å². The Labute approximate surface area is 228 Å². The maximum Gasteiger partial charge on any atom is 0.326 e. The number of aliphatic hydroxyl groups is 1. The van der Waals surface area contributed by atoms with Crippen LogP contribution in [-0.2, 0) is 35.2 Å². The number of aliphatic carboxylic acids is 2. The third-order valence-electron chi connectivity index (χ3n) is 6.13. The summed E-state index contributed by atoms with van der Waals surface area (Å²) in [5.41, 5.74) is 12.1. The number of aliphatic hydroxyl groups excluding tert-OH is 1. The van der Waals surface area contributed by atoms with E-state index in [9.17, 15) is 39.0 Å². The lowest BCUT2D eigenvalue weighted by molar-refractivity contribution is -0.143. The quantitative estimate of drug-likeness (QED) is 0.109. The van der Waals surface area contributed by atoms with Crippen molar-refractivity contribution in [1.82, 2.24) is 20.9 Å². The summed E-state index contributed by atoms with van der Waals surface area (Å²) in [7, 11) is 0. The number of aromatic nitrogens is 1. The summed E-state index contributed by atoms with van der Waals surface area (Å²) in [5, 5.41) is 36.1. The molecule has 11 N–H and O–H groups in total. The molecule has 15 heteroatoms. The lowest BCUT2D eigenvalue weighted by Crippen LogP contribution is -2.58. The van der Waals surface area contributed by atoms with Crippen LogP contribution in [0.15, 0.2) is 30.5 Å². The molecule has 2 rings (SSSR count). The first-order chi connectivity index (χ1) is 18.8. The minimum atomic E-state index is -1.51. The standard InChI is InChI=1S/C25H34N6O9/c1-12(32)21(27)24(38)30-16(6-8-19(26)33)22(36)29-17(7-9-20(34)35)23(37)31-18(25(39)40)10-13-11-28-15-5-3-2-4-14(13)15/h2-5,11-12,16-18,21,28,32H,6-10,27H2,1H3,(H2,26,33)(H,29,36)(H,30,38)(H,31,37)(H,34,35)(H,39,40). The smallest absolute Gasteiger partial charge is 0.326 e. The van der Waals surface area contributed by atoms with E-state index in [4.69, 9.17) is 16.6 Å². The van der Waals surface area contributed by atoms with Gasteiger partial charge >= 0.3 is 11.9 Å². The molecule has 40 heavy (non-hydrogen) atoms. The molecule has 1 aromatic heterocycles. The number of carboxylic acid groups (broad SMARTS) is 2. The van der Waals surface area contributed by atoms with Gasteiger partial charge in [-0.2, -0.15) is 0 Å². The first-order valence-corrected chi connectivity index (χ1v) is 12.4. The molecule has 0 fully saturated rings. The molecule has 0 spiro atoms. The van der Waals surface area contributed by atoms with Crippen molar-refractivity contribution in [3.05, 3.63) is 36.0 Å². The SMILES string of the molecule is CC(O)C(N)C(=O)NC(CCC(N)=O)C(=O)NC(CCC(=O)O)C(=O)NC(Cc1c[nH]c2ccccc12)C(=O)O. The van der Waals surface area contributed by atoms with Gasteiger partial charge in [0.05, 0.1) is 6.10 Å². The summed E-state index contributed by atoms with van der Waals surface area (Å²) in [6.07, 6.45) is -1.34. The van der Waals surface area contributed by atoms with E-state index in [0.717, 1.165) is 10.9 Å². The fraction of sp³-hybridized carbons (Fsp3) is 0.440. The van der Waals surface area contributed by atoms with Crippen molar-refractivity contribution >= 4 is 46.5 Å². The number of hydrogen-bond acceptors (Lipinski definition) is 8. The van der Waals surface area contributed by atoms with Crippen molar-refractivity contribution in [1.29, 1.82) is 0 Å². The van der Waals surface area contributed by atoms with Crippen LogP contribution in [0.5, 0.6) is 0 Å². The fourth-order valence-corrected chi connectivity index (χ4v) is 3.84. The topological polar surface area (TPSA) is 267 Å². The first-order valence-electron chi connectivity index (χ1n) is 12.4. The molecule has 0 aliphatic carbocycles. The van der Waals surface area contributed by atoms with Crippen molar-refractivity contribution in [2.75, 3.05) is 0 Å². The molecule has 15 nitrogen and oxygen atoms in total. The van der Waals surface area contributed by atoms with Gasteiger partial charge in [0.2, 0.25) is 23.6 Å². The van der Waals surface area contributed by atoms with Crippen molar-refractivity contribution in [3.8, 4) is 0 Å². The van der Waals surface area contributed by atoms with Crippen molar-refractivity contribution in [3.63, 3.8) is 0 Å². The Morgan fingerprint density at radius 2 is 1.43 bits per heavy atom. The third kappa shape index (κ3) is 9.36. The highest BCUT2D eigenvalue weighted by molar-refractivity contribution is 5.95.